The molecule has 0 unspecified atom stereocenters. The molecule has 3 amide bonds. The Bertz CT molecular complexity index is 775. The van der Waals surface area contributed by atoms with E-state index in [0.29, 0.717) is 26.1 Å². The summed E-state index contributed by atoms with van der Waals surface area (Å²) in [5.74, 6) is -0.113. The smallest absolute Gasteiger partial charge is 0.317 e. The number of carbonyl (C=O) groups excluding carboxylic acids is 2. The fraction of sp³-hybridized carbons (Fsp3) is 0.389. The second kappa shape index (κ2) is 6.86. The third-order valence-electron chi connectivity index (χ3n) is 4.12. The zero-order chi connectivity index (χ0) is 17.1. The zero-order valence-corrected chi connectivity index (χ0v) is 14.1. The summed E-state index contributed by atoms with van der Waals surface area (Å²) in [5.41, 5.74) is 5.63. The van der Waals surface area contributed by atoms with Crippen LogP contribution in [0.1, 0.15) is 31.0 Å². The lowest BCUT2D eigenvalue weighted by Gasteiger charge is -2.20. The van der Waals surface area contributed by atoms with Crippen LogP contribution < -0.4 is 5.43 Å². The minimum atomic E-state index is -0.155. The van der Waals surface area contributed by atoms with Gasteiger partial charge in [0.15, 0.2) is 0 Å². The Labute approximate surface area is 141 Å². The van der Waals surface area contributed by atoms with Gasteiger partial charge >= 0.3 is 6.03 Å². The van der Waals surface area contributed by atoms with E-state index in [9.17, 15) is 9.59 Å². The number of hydrazine groups is 1. The van der Waals surface area contributed by atoms with Gasteiger partial charge in [0.2, 0.25) is 5.91 Å². The fourth-order valence-corrected chi connectivity index (χ4v) is 3.00. The fourth-order valence-electron chi connectivity index (χ4n) is 3.00. The lowest BCUT2D eigenvalue weighted by Crippen LogP contribution is -2.44. The van der Waals surface area contributed by atoms with Gasteiger partial charge in [-0.3, -0.25) is 15.2 Å². The predicted molar refractivity (Wildman–Crippen MR) is 92.0 cm³/mol. The molecule has 1 aliphatic heterocycles. The molecule has 126 valence electrons. The monoisotopic (exact) mass is 326 g/mol. The third-order valence-corrected chi connectivity index (χ3v) is 4.12. The van der Waals surface area contributed by atoms with Crippen LogP contribution in [-0.4, -0.2) is 39.9 Å². The van der Waals surface area contributed by atoms with Gasteiger partial charge in [-0.25, -0.2) is 9.80 Å². The number of urea groups is 1. The molecule has 3 rings (SSSR count). The molecule has 1 aromatic heterocycles. The largest absolute Gasteiger partial charge is 0.339 e. The van der Waals surface area contributed by atoms with Gasteiger partial charge in [0.1, 0.15) is 0 Å². The van der Waals surface area contributed by atoms with Gasteiger partial charge in [0.25, 0.3) is 0 Å². The number of benzene rings is 1. The normalized spacial score (nSPS) is 14.5. The first-order valence-electron chi connectivity index (χ1n) is 8.29. The number of hydrogen-bond acceptors (Lipinski definition) is 3. The average molecular weight is 326 g/mol. The topological polar surface area (TPSA) is 65.5 Å². The number of pyridine rings is 1. The quantitative estimate of drug-likeness (QED) is 0.918. The first-order chi connectivity index (χ1) is 11.6. The summed E-state index contributed by atoms with van der Waals surface area (Å²) >= 11 is 0. The summed E-state index contributed by atoms with van der Waals surface area (Å²) in [7, 11) is 0. The van der Waals surface area contributed by atoms with Crippen molar-refractivity contribution in [2.75, 3.05) is 13.1 Å². The first-order valence-corrected chi connectivity index (χ1v) is 8.29. The number of fused-ring (bicyclic) bond motifs is 1. The number of hydrogen-bond donors (Lipinski definition) is 1. The molecule has 1 fully saturated rings. The number of amides is 3. The molecule has 0 spiro atoms. The molecule has 2 heterocycles. The highest BCUT2D eigenvalue weighted by Gasteiger charge is 2.29. The number of nitrogens with one attached hydrogen (secondary N) is 1. The molecular formula is C18H22N4O2. The van der Waals surface area contributed by atoms with Gasteiger partial charge in [-0.1, -0.05) is 25.1 Å². The minimum absolute atomic E-state index is 0.113. The van der Waals surface area contributed by atoms with E-state index >= 15 is 0 Å². The lowest BCUT2D eigenvalue weighted by atomic mass is 10.1. The van der Waals surface area contributed by atoms with Crippen molar-refractivity contribution in [1.82, 2.24) is 20.3 Å². The second-order valence-corrected chi connectivity index (χ2v) is 6.08. The van der Waals surface area contributed by atoms with Crippen LogP contribution in [-0.2, 0) is 11.3 Å². The highest BCUT2D eigenvalue weighted by molar-refractivity contribution is 5.84. The van der Waals surface area contributed by atoms with Crippen molar-refractivity contribution in [2.24, 2.45) is 0 Å². The zero-order valence-electron chi connectivity index (χ0n) is 14.1. The molecule has 1 saturated heterocycles. The van der Waals surface area contributed by atoms with Crippen LogP contribution in [0.3, 0.4) is 0 Å². The van der Waals surface area contributed by atoms with Crippen molar-refractivity contribution >= 4 is 22.8 Å². The van der Waals surface area contributed by atoms with Gasteiger partial charge in [0.05, 0.1) is 12.1 Å². The van der Waals surface area contributed by atoms with Crippen LogP contribution in [0.25, 0.3) is 10.9 Å². The van der Waals surface area contributed by atoms with E-state index < -0.39 is 0 Å². The van der Waals surface area contributed by atoms with E-state index in [2.05, 4.69) is 10.4 Å². The van der Waals surface area contributed by atoms with Crippen LogP contribution in [0, 0.1) is 6.92 Å². The summed E-state index contributed by atoms with van der Waals surface area (Å²) in [6.45, 7) is 5.52. The Morgan fingerprint density at radius 3 is 2.88 bits per heavy atom. The minimum Gasteiger partial charge on any atom is -0.317 e. The van der Waals surface area contributed by atoms with Crippen molar-refractivity contribution in [1.29, 1.82) is 0 Å². The van der Waals surface area contributed by atoms with Crippen LogP contribution in [0.2, 0.25) is 0 Å². The standard InChI is InChI=1S/C18H22N4O2/c1-3-6-17(23)20-22-10-9-21(18(22)24)12-14-11-13(2)19-16-8-5-4-7-15(14)16/h4-5,7-8,11H,3,6,9-10,12H2,1-2H3,(H,20,23). The molecular weight excluding hydrogens is 304 g/mol. The number of aryl methyl sites for hydroxylation is 1. The summed E-state index contributed by atoms with van der Waals surface area (Å²) in [5, 5.41) is 2.47. The van der Waals surface area contributed by atoms with Crippen molar-refractivity contribution in [3.63, 3.8) is 0 Å². The maximum Gasteiger partial charge on any atom is 0.339 e. The molecule has 0 aliphatic carbocycles. The van der Waals surface area contributed by atoms with Crippen molar-refractivity contribution < 1.29 is 9.59 Å². The number of aromatic nitrogens is 1. The molecule has 6 heteroatoms. The molecule has 2 aromatic rings. The van der Waals surface area contributed by atoms with E-state index in [1.807, 2.05) is 44.2 Å². The van der Waals surface area contributed by atoms with E-state index in [1.54, 1.807) is 4.90 Å². The SMILES string of the molecule is CCCC(=O)NN1CCN(Cc2cc(C)nc3ccccc23)C1=O. The van der Waals surface area contributed by atoms with E-state index in [0.717, 1.165) is 28.6 Å². The maximum atomic E-state index is 12.5. The number of carbonyl (C=O) groups is 2. The van der Waals surface area contributed by atoms with E-state index in [-0.39, 0.29) is 11.9 Å². The lowest BCUT2D eigenvalue weighted by molar-refractivity contribution is -0.124. The highest BCUT2D eigenvalue weighted by atomic mass is 16.2. The first kappa shape index (κ1) is 16.2. The van der Waals surface area contributed by atoms with Gasteiger partial charge in [-0.05, 0) is 31.0 Å². The second-order valence-electron chi connectivity index (χ2n) is 6.08. The molecule has 0 bridgehead atoms. The van der Waals surface area contributed by atoms with Crippen LogP contribution in [0.15, 0.2) is 30.3 Å². The Morgan fingerprint density at radius 1 is 1.29 bits per heavy atom. The Kier molecular flexibility index (Phi) is 4.64. The predicted octanol–water partition coefficient (Wildman–Crippen LogP) is 2.61. The van der Waals surface area contributed by atoms with Crippen LogP contribution in [0.4, 0.5) is 4.79 Å². The van der Waals surface area contributed by atoms with Crippen molar-refractivity contribution in [3.05, 3.63) is 41.6 Å². The third kappa shape index (κ3) is 3.32. The van der Waals surface area contributed by atoms with Crippen LogP contribution in [0.5, 0.6) is 0 Å². The summed E-state index contributed by atoms with van der Waals surface area (Å²) in [6, 6.07) is 9.82. The molecule has 1 aliphatic rings. The summed E-state index contributed by atoms with van der Waals surface area (Å²) in [6.07, 6.45) is 1.19. The van der Waals surface area contributed by atoms with Crippen LogP contribution >= 0.6 is 0 Å². The maximum absolute atomic E-state index is 12.5. The molecule has 0 saturated carbocycles. The molecule has 1 N–H and O–H groups in total. The van der Waals surface area contributed by atoms with Gasteiger partial charge in [-0.2, -0.15) is 0 Å². The number of nitrogens with zero attached hydrogens (tertiary/aromatic N) is 3. The molecule has 1 aromatic carbocycles. The number of para-hydroxylation sites is 1. The number of rotatable bonds is 5. The van der Waals surface area contributed by atoms with Crippen molar-refractivity contribution in [2.45, 2.75) is 33.2 Å². The van der Waals surface area contributed by atoms with E-state index in [1.165, 1.54) is 5.01 Å². The highest BCUT2D eigenvalue weighted by Crippen LogP contribution is 2.21. The van der Waals surface area contributed by atoms with Crippen molar-refractivity contribution in [3.8, 4) is 0 Å². The molecule has 6 nitrogen and oxygen atoms in total. The Balaban J connectivity index is 1.75. The average Bonchev–Trinajstić information content (AvgIpc) is 2.88. The van der Waals surface area contributed by atoms with E-state index in [4.69, 9.17) is 0 Å². The van der Waals surface area contributed by atoms with Gasteiger partial charge < -0.3 is 4.90 Å². The Hall–Kier alpha value is -2.63. The molecule has 24 heavy (non-hydrogen) atoms. The Morgan fingerprint density at radius 2 is 2.08 bits per heavy atom. The summed E-state index contributed by atoms with van der Waals surface area (Å²) in [4.78, 5) is 30.5. The molecule has 0 radical (unpaired) electrons. The summed E-state index contributed by atoms with van der Waals surface area (Å²) < 4.78 is 0. The van der Waals surface area contributed by atoms with Gasteiger partial charge in [0, 0.05) is 30.6 Å². The van der Waals surface area contributed by atoms with Gasteiger partial charge in [-0.15, -0.1) is 0 Å². The molecule has 0 atom stereocenters.